The Bertz CT molecular complexity index is 709. The van der Waals surface area contributed by atoms with E-state index in [1.54, 1.807) is 0 Å². The molecule has 0 amide bonds. The molecule has 1 saturated carbocycles. The van der Waals surface area contributed by atoms with E-state index in [0.717, 1.165) is 24.0 Å². The van der Waals surface area contributed by atoms with Crippen LogP contribution in [0.5, 0.6) is 0 Å². The SMILES string of the molecule is CCCCOC(=O)[C@H]1C(=O)C[C@@H](c2ccccc2)[C@H]1c1ccccc1. The first kappa shape index (κ1) is 17.4. The van der Waals surface area contributed by atoms with Gasteiger partial charge in [0.05, 0.1) is 6.61 Å². The van der Waals surface area contributed by atoms with E-state index in [0.29, 0.717) is 13.0 Å². The zero-order valence-corrected chi connectivity index (χ0v) is 14.6. The number of hydrogen-bond acceptors (Lipinski definition) is 3. The number of ketones is 1. The third-order valence-electron chi connectivity index (χ3n) is 4.97. The lowest BCUT2D eigenvalue weighted by molar-refractivity contribution is -0.151. The van der Waals surface area contributed by atoms with Crippen LogP contribution < -0.4 is 0 Å². The lowest BCUT2D eigenvalue weighted by Crippen LogP contribution is -2.27. The highest BCUT2D eigenvalue weighted by atomic mass is 16.5. The Labute approximate surface area is 149 Å². The molecule has 3 heteroatoms. The first-order valence-corrected chi connectivity index (χ1v) is 9.01. The van der Waals surface area contributed by atoms with Crippen molar-refractivity contribution in [3.8, 4) is 0 Å². The highest BCUT2D eigenvalue weighted by molar-refractivity contribution is 6.02. The van der Waals surface area contributed by atoms with Gasteiger partial charge in [0.15, 0.2) is 0 Å². The molecule has 0 unspecified atom stereocenters. The van der Waals surface area contributed by atoms with Gasteiger partial charge >= 0.3 is 5.97 Å². The Morgan fingerprint density at radius 1 is 1.00 bits per heavy atom. The first-order chi connectivity index (χ1) is 12.2. The summed E-state index contributed by atoms with van der Waals surface area (Å²) in [6, 6.07) is 19.9. The monoisotopic (exact) mass is 336 g/mol. The molecule has 3 rings (SSSR count). The standard InChI is InChI=1S/C22H24O3/c1-2-3-14-25-22(24)21-19(23)15-18(16-10-6-4-7-11-16)20(21)17-12-8-5-9-13-17/h4-13,18,20-21H,2-3,14-15H2,1H3/t18-,20+,21-/m0/s1. The second kappa shape index (κ2) is 8.11. The summed E-state index contributed by atoms with van der Waals surface area (Å²) < 4.78 is 5.41. The molecule has 0 heterocycles. The number of Topliss-reactive ketones (excluding diaryl/α,β-unsaturated/α-hetero) is 1. The van der Waals surface area contributed by atoms with Gasteiger partial charge in [0.1, 0.15) is 11.7 Å². The van der Waals surface area contributed by atoms with Crippen molar-refractivity contribution in [2.75, 3.05) is 6.61 Å². The summed E-state index contributed by atoms with van der Waals surface area (Å²) in [5.74, 6) is -1.23. The van der Waals surface area contributed by atoms with Gasteiger partial charge < -0.3 is 4.74 Å². The smallest absolute Gasteiger partial charge is 0.317 e. The predicted molar refractivity (Wildman–Crippen MR) is 97.3 cm³/mol. The molecule has 0 aliphatic heterocycles. The summed E-state index contributed by atoms with van der Waals surface area (Å²) in [7, 11) is 0. The highest BCUT2D eigenvalue weighted by Gasteiger charge is 2.48. The lowest BCUT2D eigenvalue weighted by Gasteiger charge is -2.24. The molecule has 0 spiro atoms. The van der Waals surface area contributed by atoms with Gasteiger partial charge in [0.25, 0.3) is 0 Å². The lowest BCUT2D eigenvalue weighted by atomic mass is 9.80. The fourth-order valence-electron chi connectivity index (χ4n) is 3.71. The summed E-state index contributed by atoms with van der Waals surface area (Å²) in [6.07, 6.45) is 2.17. The van der Waals surface area contributed by atoms with Crippen LogP contribution in [0.3, 0.4) is 0 Å². The third kappa shape index (κ3) is 3.81. The minimum atomic E-state index is -0.704. The van der Waals surface area contributed by atoms with E-state index in [4.69, 9.17) is 4.74 Å². The quantitative estimate of drug-likeness (QED) is 0.443. The Kier molecular flexibility index (Phi) is 5.64. The third-order valence-corrected chi connectivity index (χ3v) is 4.97. The van der Waals surface area contributed by atoms with Gasteiger partial charge in [0, 0.05) is 12.3 Å². The first-order valence-electron chi connectivity index (χ1n) is 9.01. The van der Waals surface area contributed by atoms with Crippen molar-refractivity contribution in [3.63, 3.8) is 0 Å². The van der Waals surface area contributed by atoms with E-state index < -0.39 is 5.92 Å². The Morgan fingerprint density at radius 3 is 2.20 bits per heavy atom. The maximum atomic E-state index is 12.7. The minimum absolute atomic E-state index is 0.01000. The van der Waals surface area contributed by atoms with Crippen LogP contribution >= 0.6 is 0 Å². The van der Waals surface area contributed by atoms with E-state index in [1.807, 2.05) is 67.6 Å². The molecule has 1 fully saturated rings. The average molecular weight is 336 g/mol. The molecule has 0 aromatic heterocycles. The fraction of sp³-hybridized carbons (Fsp3) is 0.364. The summed E-state index contributed by atoms with van der Waals surface area (Å²) in [4.78, 5) is 25.4. The van der Waals surface area contributed by atoms with Crippen molar-refractivity contribution in [2.24, 2.45) is 5.92 Å². The molecule has 3 atom stereocenters. The molecule has 0 N–H and O–H groups in total. The summed E-state index contributed by atoms with van der Waals surface area (Å²) in [5.41, 5.74) is 2.13. The predicted octanol–water partition coefficient (Wildman–Crippen LogP) is 4.49. The Hall–Kier alpha value is -2.42. The largest absolute Gasteiger partial charge is 0.465 e. The maximum absolute atomic E-state index is 12.7. The van der Waals surface area contributed by atoms with Gasteiger partial charge in [-0.1, -0.05) is 74.0 Å². The molecule has 1 aliphatic carbocycles. The van der Waals surface area contributed by atoms with Crippen molar-refractivity contribution in [3.05, 3.63) is 71.8 Å². The van der Waals surface area contributed by atoms with Crippen molar-refractivity contribution in [2.45, 2.75) is 38.0 Å². The molecule has 0 saturated heterocycles. The van der Waals surface area contributed by atoms with Crippen molar-refractivity contribution in [1.82, 2.24) is 0 Å². The van der Waals surface area contributed by atoms with E-state index >= 15 is 0 Å². The number of hydrogen-bond donors (Lipinski definition) is 0. The van der Waals surface area contributed by atoms with E-state index in [9.17, 15) is 9.59 Å². The molecule has 0 radical (unpaired) electrons. The van der Waals surface area contributed by atoms with Crippen molar-refractivity contribution < 1.29 is 14.3 Å². The van der Waals surface area contributed by atoms with Gasteiger partial charge in [-0.2, -0.15) is 0 Å². The molecule has 1 aliphatic rings. The number of esters is 1. The second-order valence-electron chi connectivity index (χ2n) is 6.62. The Morgan fingerprint density at radius 2 is 1.60 bits per heavy atom. The van der Waals surface area contributed by atoms with Crippen LogP contribution in [0.25, 0.3) is 0 Å². The van der Waals surface area contributed by atoms with Crippen molar-refractivity contribution in [1.29, 1.82) is 0 Å². The molecule has 0 bridgehead atoms. The van der Waals surface area contributed by atoms with E-state index in [2.05, 4.69) is 0 Å². The van der Waals surface area contributed by atoms with Gasteiger partial charge in [-0.05, 0) is 23.5 Å². The number of ether oxygens (including phenoxy) is 1. The molecule has 2 aromatic rings. The van der Waals surface area contributed by atoms with Crippen LogP contribution in [-0.4, -0.2) is 18.4 Å². The van der Waals surface area contributed by atoms with Gasteiger partial charge in [0.2, 0.25) is 0 Å². The Balaban J connectivity index is 1.93. The summed E-state index contributed by atoms with van der Waals surface area (Å²) >= 11 is 0. The topological polar surface area (TPSA) is 43.4 Å². The minimum Gasteiger partial charge on any atom is -0.465 e. The average Bonchev–Trinajstić information content (AvgIpc) is 3.00. The number of benzene rings is 2. The van der Waals surface area contributed by atoms with Gasteiger partial charge in [-0.15, -0.1) is 0 Å². The second-order valence-corrected chi connectivity index (χ2v) is 6.62. The molecule has 3 nitrogen and oxygen atoms in total. The van der Waals surface area contributed by atoms with Crippen molar-refractivity contribution >= 4 is 11.8 Å². The van der Waals surface area contributed by atoms with Crippen LogP contribution in [-0.2, 0) is 14.3 Å². The highest BCUT2D eigenvalue weighted by Crippen LogP contribution is 2.48. The van der Waals surface area contributed by atoms with E-state index in [1.165, 1.54) is 0 Å². The number of carbonyl (C=O) groups is 2. The number of carbonyl (C=O) groups excluding carboxylic acids is 2. The zero-order chi connectivity index (χ0) is 17.6. The zero-order valence-electron chi connectivity index (χ0n) is 14.6. The van der Waals surface area contributed by atoms with Crippen LogP contribution in [0.15, 0.2) is 60.7 Å². The van der Waals surface area contributed by atoms with E-state index in [-0.39, 0.29) is 23.6 Å². The van der Waals surface area contributed by atoms with Gasteiger partial charge in [-0.3, -0.25) is 9.59 Å². The van der Waals surface area contributed by atoms with Crippen LogP contribution in [0.2, 0.25) is 0 Å². The van der Waals surface area contributed by atoms with Crippen LogP contribution in [0.1, 0.15) is 49.1 Å². The van der Waals surface area contributed by atoms with Crippen LogP contribution in [0, 0.1) is 5.92 Å². The summed E-state index contributed by atoms with van der Waals surface area (Å²) in [6.45, 7) is 2.43. The van der Waals surface area contributed by atoms with Gasteiger partial charge in [-0.25, -0.2) is 0 Å². The normalized spacial score (nSPS) is 22.8. The molecule has 25 heavy (non-hydrogen) atoms. The number of unbranched alkanes of at least 4 members (excludes halogenated alkanes) is 1. The molecular formula is C22H24O3. The maximum Gasteiger partial charge on any atom is 0.317 e. The number of rotatable bonds is 6. The molecular weight excluding hydrogens is 312 g/mol. The molecule has 2 aromatic carbocycles. The summed E-state index contributed by atoms with van der Waals surface area (Å²) in [5, 5.41) is 0. The molecule has 130 valence electrons. The fourth-order valence-corrected chi connectivity index (χ4v) is 3.71. The van der Waals surface area contributed by atoms with Crippen LogP contribution in [0.4, 0.5) is 0 Å².